The second-order valence-corrected chi connectivity index (χ2v) is 4.89. The summed E-state index contributed by atoms with van der Waals surface area (Å²) < 4.78 is 6.82. The third kappa shape index (κ3) is 3.02. The van der Waals surface area contributed by atoms with Crippen molar-refractivity contribution in [1.82, 2.24) is 0 Å². The highest BCUT2D eigenvalue weighted by atomic mass is 79.9. The average molecular weight is 312 g/mol. The quantitative estimate of drug-likeness (QED) is 0.700. The van der Waals surface area contributed by atoms with Gasteiger partial charge < -0.3 is 4.74 Å². The molecule has 0 aromatic heterocycles. The number of rotatable bonds is 3. The minimum atomic E-state index is 0.493. The van der Waals surface area contributed by atoms with Crippen LogP contribution in [0.1, 0.15) is 11.1 Å². The molecule has 0 heterocycles. The number of para-hydroxylation sites is 1. The Hall–Kier alpha value is -0.990. The molecular weight excluding hydrogens is 300 g/mol. The predicted molar refractivity (Wildman–Crippen MR) is 75.0 cm³/mol. The van der Waals surface area contributed by atoms with Gasteiger partial charge in [0.25, 0.3) is 0 Å². The molecule has 0 N–H and O–H groups in total. The van der Waals surface area contributed by atoms with E-state index in [1.165, 1.54) is 0 Å². The second kappa shape index (κ2) is 5.56. The number of hydrogen-bond acceptors (Lipinski definition) is 1. The number of aryl methyl sites for hydroxylation is 1. The van der Waals surface area contributed by atoms with Crippen molar-refractivity contribution in [2.24, 2.45) is 0 Å². The molecule has 0 radical (unpaired) electrons. The fourth-order valence-electron chi connectivity index (χ4n) is 1.48. The summed E-state index contributed by atoms with van der Waals surface area (Å²) in [5.41, 5.74) is 2.15. The summed E-state index contributed by atoms with van der Waals surface area (Å²) in [5, 5.41) is 0. The van der Waals surface area contributed by atoms with Crippen molar-refractivity contribution in [3.05, 3.63) is 58.1 Å². The number of halogens is 2. The third-order valence-electron chi connectivity index (χ3n) is 2.46. The Bertz CT molecular complexity index is 525. The minimum Gasteiger partial charge on any atom is -0.456 e. The molecule has 0 bridgehead atoms. The largest absolute Gasteiger partial charge is 0.456 e. The Kier molecular flexibility index (Phi) is 4.08. The lowest BCUT2D eigenvalue weighted by molar-refractivity contribution is 0.475. The summed E-state index contributed by atoms with van der Waals surface area (Å²) in [6, 6.07) is 13.8. The first-order valence-electron chi connectivity index (χ1n) is 5.28. The zero-order chi connectivity index (χ0) is 12.3. The van der Waals surface area contributed by atoms with Crippen molar-refractivity contribution < 1.29 is 4.74 Å². The summed E-state index contributed by atoms with van der Waals surface area (Å²) in [4.78, 5) is 0. The van der Waals surface area contributed by atoms with E-state index < -0.39 is 0 Å². The van der Waals surface area contributed by atoms with E-state index >= 15 is 0 Å². The second-order valence-electron chi connectivity index (χ2n) is 3.77. The number of alkyl halides is 1. The predicted octanol–water partition coefficient (Wildman–Crippen LogP) is 5.29. The van der Waals surface area contributed by atoms with Gasteiger partial charge in [-0.1, -0.05) is 24.3 Å². The third-order valence-corrected chi connectivity index (χ3v) is 3.43. The van der Waals surface area contributed by atoms with E-state index in [1.807, 2.05) is 49.4 Å². The molecule has 0 aliphatic heterocycles. The van der Waals surface area contributed by atoms with Crippen LogP contribution in [0.25, 0.3) is 0 Å². The normalized spacial score (nSPS) is 10.3. The molecule has 0 aliphatic carbocycles. The molecule has 17 heavy (non-hydrogen) atoms. The van der Waals surface area contributed by atoms with Crippen LogP contribution in [-0.4, -0.2) is 0 Å². The number of ether oxygens (including phenoxy) is 1. The first-order chi connectivity index (χ1) is 8.20. The maximum Gasteiger partial charge on any atom is 0.141 e. The van der Waals surface area contributed by atoms with Crippen LogP contribution in [0, 0.1) is 6.92 Å². The topological polar surface area (TPSA) is 9.23 Å². The van der Waals surface area contributed by atoms with Gasteiger partial charge in [0.1, 0.15) is 11.5 Å². The van der Waals surface area contributed by atoms with Crippen molar-refractivity contribution >= 4 is 27.5 Å². The summed E-state index contributed by atoms with van der Waals surface area (Å²) in [7, 11) is 0. The zero-order valence-electron chi connectivity index (χ0n) is 9.41. The lowest BCUT2D eigenvalue weighted by atomic mass is 10.1. The lowest BCUT2D eigenvalue weighted by Crippen LogP contribution is -1.90. The maximum absolute atomic E-state index is 5.88. The summed E-state index contributed by atoms with van der Waals surface area (Å²) in [5.74, 6) is 2.14. The van der Waals surface area contributed by atoms with Crippen LogP contribution < -0.4 is 4.74 Å². The van der Waals surface area contributed by atoms with Gasteiger partial charge >= 0.3 is 0 Å². The van der Waals surface area contributed by atoms with E-state index in [1.54, 1.807) is 0 Å². The summed E-state index contributed by atoms with van der Waals surface area (Å²) >= 11 is 9.28. The SMILES string of the molecule is Cc1ccc(CCl)cc1Oc1ccccc1Br. The maximum atomic E-state index is 5.88. The summed E-state index contributed by atoms with van der Waals surface area (Å²) in [6.45, 7) is 2.02. The van der Waals surface area contributed by atoms with E-state index in [-0.39, 0.29) is 0 Å². The molecule has 0 fully saturated rings. The Morgan fingerprint density at radius 3 is 2.59 bits per heavy atom. The average Bonchev–Trinajstić information content (AvgIpc) is 2.35. The van der Waals surface area contributed by atoms with E-state index in [0.717, 1.165) is 27.1 Å². The monoisotopic (exact) mass is 310 g/mol. The molecule has 2 aromatic rings. The zero-order valence-corrected chi connectivity index (χ0v) is 11.8. The van der Waals surface area contributed by atoms with Gasteiger partial charge in [0.05, 0.1) is 4.47 Å². The molecule has 1 nitrogen and oxygen atoms in total. The molecule has 0 saturated carbocycles. The van der Waals surface area contributed by atoms with E-state index in [2.05, 4.69) is 15.9 Å². The molecule has 2 aromatic carbocycles. The van der Waals surface area contributed by atoms with Crippen LogP contribution in [0.5, 0.6) is 11.5 Å². The smallest absolute Gasteiger partial charge is 0.141 e. The van der Waals surface area contributed by atoms with Crippen LogP contribution in [-0.2, 0) is 5.88 Å². The molecule has 0 saturated heterocycles. The molecule has 3 heteroatoms. The van der Waals surface area contributed by atoms with Crippen LogP contribution in [0.2, 0.25) is 0 Å². The van der Waals surface area contributed by atoms with E-state index in [0.29, 0.717) is 5.88 Å². The van der Waals surface area contributed by atoms with Crippen molar-refractivity contribution in [3.8, 4) is 11.5 Å². The van der Waals surface area contributed by atoms with Gasteiger partial charge in [-0.25, -0.2) is 0 Å². The van der Waals surface area contributed by atoms with E-state index in [9.17, 15) is 0 Å². The van der Waals surface area contributed by atoms with Crippen molar-refractivity contribution in [3.63, 3.8) is 0 Å². The van der Waals surface area contributed by atoms with Gasteiger partial charge in [-0.3, -0.25) is 0 Å². The highest BCUT2D eigenvalue weighted by Crippen LogP contribution is 2.31. The molecule has 0 amide bonds. The van der Waals surface area contributed by atoms with Gasteiger partial charge in [0.2, 0.25) is 0 Å². The van der Waals surface area contributed by atoms with Gasteiger partial charge in [0.15, 0.2) is 0 Å². The molecule has 0 aliphatic rings. The highest BCUT2D eigenvalue weighted by Gasteiger charge is 2.05. The molecule has 0 atom stereocenters. The van der Waals surface area contributed by atoms with Crippen molar-refractivity contribution in [2.45, 2.75) is 12.8 Å². The van der Waals surface area contributed by atoms with Gasteiger partial charge in [-0.15, -0.1) is 11.6 Å². The standard InChI is InChI=1S/C14H12BrClO/c1-10-6-7-11(9-16)8-14(10)17-13-5-3-2-4-12(13)15/h2-8H,9H2,1H3. The minimum absolute atomic E-state index is 0.493. The first kappa shape index (κ1) is 12.5. The van der Waals surface area contributed by atoms with Crippen molar-refractivity contribution in [1.29, 1.82) is 0 Å². The molecule has 88 valence electrons. The Morgan fingerprint density at radius 2 is 1.88 bits per heavy atom. The van der Waals surface area contributed by atoms with Crippen LogP contribution in [0.3, 0.4) is 0 Å². The van der Waals surface area contributed by atoms with Crippen LogP contribution in [0.15, 0.2) is 46.9 Å². The molecule has 0 spiro atoms. The van der Waals surface area contributed by atoms with Gasteiger partial charge in [0, 0.05) is 5.88 Å². The Labute approximate surface area is 115 Å². The van der Waals surface area contributed by atoms with Crippen molar-refractivity contribution in [2.75, 3.05) is 0 Å². The number of benzene rings is 2. The van der Waals surface area contributed by atoms with Crippen LogP contribution >= 0.6 is 27.5 Å². The number of hydrogen-bond donors (Lipinski definition) is 0. The Morgan fingerprint density at radius 1 is 1.12 bits per heavy atom. The highest BCUT2D eigenvalue weighted by molar-refractivity contribution is 9.10. The molecule has 0 unspecified atom stereocenters. The van der Waals surface area contributed by atoms with Crippen LogP contribution in [0.4, 0.5) is 0 Å². The lowest BCUT2D eigenvalue weighted by Gasteiger charge is -2.11. The van der Waals surface area contributed by atoms with E-state index in [4.69, 9.17) is 16.3 Å². The molecular formula is C14H12BrClO. The van der Waals surface area contributed by atoms with Gasteiger partial charge in [-0.2, -0.15) is 0 Å². The first-order valence-corrected chi connectivity index (χ1v) is 6.61. The van der Waals surface area contributed by atoms with Gasteiger partial charge in [-0.05, 0) is 52.2 Å². The summed E-state index contributed by atoms with van der Waals surface area (Å²) in [6.07, 6.45) is 0. The fraction of sp³-hybridized carbons (Fsp3) is 0.143. The fourth-order valence-corrected chi connectivity index (χ4v) is 2.02. The molecule has 2 rings (SSSR count). The Balaban J connectivity index is 2.32.